The molecule has 0 saturated heterocycles. The van der Waals surface area contributed by atoms with Gasteiger partial charge in [0.2, 0.25) is 5.13 Å². The molecule has 0 unspecified atom stereocenters. The summed E-state index contributed by atoms with van der Waals surface area (Å²) >= 11 is 1.44. The van der Waals surface area contributed by atoms with E-state index in [1.807, 2.05) is 52.0 Å². The normalized spacial score (nSPS) is 12.2. The van der Waals surface area contributed by atoms with Crippen LogP contribution < -0.4 is 19.6 Å². The number of anilines is 1. The number of rotatable bonds is 16. The van der Waals surface area contributed by atoms with E-state index in [1.54, 1.807) is 94.6 Å². The highest BCUT2D eigenvalue weighted by Gasteiger charge is 2.30. The summed E-state index contributed by atoms with van der Waals surface area (Å²) in [6, 6.07) is 26.0. The molecule has 0 saturated carbocycles. The summed E-state index contributed by atoms with van der Waals surface area (Å²) in [5.41, 5.74) is 4.50. The van der Waals surface area contributed by atoms with E-state index in [0.29, 0.717) is 46.1 Å². The summed E-state index contributed by atoms with van der Waals surface area (Å²) in [6.45, 7) is 16.8. The van der Waals surface area contributed by atoms with Crippen LogP contribution in [0.15, 0.2) is 109 Å². The molecule has 0 atom stereocenters. The van der Waals surface area contributed by atoms with Crippen LogP contribution >= 0.6 is 11.3 Å². The Labute approximate surface area is 331 Å². The number of methoxy groups -OCH3 is 1. The van der Waals surface area contributed by atoms with Crippen LogP contribution in [-0.2, 0) is 20.7 Å². The Morgan fingerprint density at radius 3 is 2.07 bits per heavy atom. The molecule has 1 aromatic heterocycles. The zero-order valence-electron chi connectivity index (χ0n) is 32.9. The van der Waals surface area contributed by atoms with Crippen LogP contribution in [0.5, 0.6) is 17.2 Å². The lowest BCUT2D eigenvalue weighted by Crippen LogP contribution is -2.38. The van der Waals surface area contributed by atoms with Crippen LogP contribution in [0.1, 0.15) is 86.7 Å². The third-order valence-electron chi connectivity index (χ3n) is 8.62. The van der Waals surface area contributed by atoms with E-state index in [2.05, 4.69) is 22.1 Å². The standard InChI is InChI=1S/C44H47N3O8S/c1-10-38(48)55-42(3,4)26-29-15-17-30(18-16-29)39(49)52-33-23-24-36(34(25-33)28(2)46-47-41-45-35-13-11-12-14-37(35)56-41)53-40(50)31-19-21-32(22-20-31)54-44(7,8)27-43(5,6)51-9/h10-25H,1,26-27H2,2-9H3,(H,45,47)/b46-28+. The Bertz CT molecular complexity index is 2210. The average molecular weight is 778 g/mol. The fraction of sp³-hybridized carbons (Fsp3) is 0.295. The molecule has 4 aromatic carbocycles. The molecular weight excluding hydrogens is 731 g/mol. The number of fused-ring (bicyclic) bond motifs is 1. The molecular formula is C44H47N3O8S. The van der Waals surface area contributed by atoms with Crippen LogP contribution in [0.3, 0.4) is 0 Å². The van der Waals surface area contributed by atoms with Crippen LogP contribution in [0, 0.1) is 0 Å². The maximum absolute atomic E-state index is 13.5. The molecule has 0 fully saturated rings. The average Bonchev–Trinajstić information content (AvgIpc) is 3.57. The van der Waals surface area contributed by atoms with Gasteiger partial charge in [0.15, 0.2) is 0 Å². The van der Waals surface area contributed by atoms with Crippen molar-refractivity contribution in [1.82, 2.24) is 4.98 Å². The molecule has 56 heavy (non-hydrogen) atoms. The second kappa shape index (κ2) is 17.3. The number of carbonyl (C=O) groups excluding carboxylic acids is 3. The van der Waals surface area contributed by atoms with Gasteiger partial charge in [0.25, 0.3) is 0 Å². The first-order valence-electron chi connectivity index (χ1n) is 18.0. The molecule has 0 amide bonds. The maximum atomic E-state index is 13.5. The zero-order chi connectivity index (χ0) is 40.7. The predicted molar refractivity (Wildman–Crippen MR) is 219 cm³/mol. The quantitative estimate of drug-likeness (QED) is 0.0339. The summed E-state index contributed by atoms with van der Waals surface area (Å²) < 4.78 is 29.9. The molecule has 0 radical (unpaired) electrons. The minimum Gasteiger partial charge on any atom is -0.488 e. The molecule has 292 valence electrons. The Hall–Kier alpha value is -5.85. The molecule has 5 aromatic rings. The van der Waals surface area contributed by atoms with Gasteiger partial charge in [-0.05, 0) is 121 Å². The first kappa shape index (κ1) is 41.3. The summed E-state index contributed by atoms with van der Waals surface area (Å²) in [4.78, 5) is 43.0. The summed E-state index contributed by atoms with van der Waals surface area (Å²) in [5, 5.41) is 5.12. The fourth-order valence-electron chi connectivity index (χ4n) is 6.09. The molecule has 0 aliphatic carbocycles. The van der Waals surface area contributed by atoms with Crippen molar-refractivity contribution >= 4 is 50.3 Å². The second-order valence-electron chi connectivity index (χ2n) is 15.0. The van der Waals surface area contributed by atoms with Gasteiger partial charge in [-0.3, -0.25) is 5.43 Å². The van der Waals surface area contributed by atoms with E-state index in [0.717, 1.165) is 21.9 Å². The number of nitrogens with one attached hydrogen (secondary N) is 1. The van der Waals surface area contributed by atoms with Crippen molar-refractivity contribution in [3.8, 4) is 17.2 Å². The number of nitrogens with zero attached hydrogens (tertiary/aromatic N) is 2. The van der Waals surface area contributed by atoms with Crippen molar-refractivity contribution in [3.63, 3.8) is 0 Å². The number of ether oxygens (including phenoxy) is 5. The van der Waals surface area contributed by atoms with Gasteiger partial charge in [0.1, 0.15) is 28.5 Å². The smallest absolute Gasteiger partial charge is 0.343 e. The van der Waals surface area contributed by atoms with Crippen molar-refractivity contribution < 1.29 is 38.1 Å². The number of aromatic nitrogens is 1. The van der Waals surface area contributed by atoms with E-state index in [4.69, 9.17) is 23.7 Å². The van der Waals surface area contributed by atoms with Gasteiger partial charge < -0.3 is 23.7 Å². The Morgan fingerprint density at radius 1 is 0.804 bits per heavy atom. The number of esters is 3. The largest absolute Gasteiger partial charge is 0.488 e. The molecule has 0 bridgehead atoms. The minimum atomic E-state index is -0.771. The van der Waals surface area contributed by atoms with Gasteiger partial charge in [-0.2, -0.15) is 5.10 Å². The van der Waals surface area contributed by atoms with Crippen molar-refractivity contribution in [3.05, 3.63) is 126 Å². The van der Waals surface area contributed by atoms with Crippen LogP contribution in [0.25, 0.3) is 10.2 Å². The van der Waals surface area contributed by atoms with E-state index in [1.165, 1.54) is 11.3 Å². The summed E-state index contributed by atoms with van der Waals surface area (Å²) in [6.07, 6.45) is 2.19. The van der Waals surface area contributed by atoms with Gasteiger partial charge in [0.05, 0.1) is 32.7 Å². The SMILES string of the molecule is C=CC(=O)OC(C)(C)Cc1ccc(C(=O)Oc2ccc(OC(=O)c3ccc(OC(C)(C)CC(C)(C)OC)cc3)c(/C(C)=N/Nc3nc4ccccc4s3)c2)cc1. The lowest BCUT2D eigenvalue weighted by molar-refractivity contribution is -0.149. The Morgan fingerprint density at radius 2 is 1.43 bits per heavy atom. The van der Waals surface area contributed by atoms with Crippen LogP contribution in [0.2, 0.25) is 0 Å². The molecule has 12 heteroatoms. The maximum Gasteiger partial charge on any atom is 0.343 e. The third-order valence-corrected chi connectivity index (χ3v) is 9.56. The predicted octanol–water partition coefficient (Wildman–Crippen LogP) is 9.59. The molecule has 1 heterocycles. The van der Waals surface area contributed by atoms with Crippen molar-refractivity contribution in [2.24, 2.45) is 5.10 Å². The highest BCUT2D eigenvalue weighted by Crippen LogP contribution is 2.31. The number of hydrazone groups is 1. The first-order valence-corrected chi connectivity index (χ1v) is 18.8. The van der Waals surface area contributed by atoms with Crippen molar-refractivity contribution in [1.29, 1.82) is 0 Å². The monoisotopic (exact) mass is 777 g/mol. The molecule has 1 N–H and O–H groups in total. The molecule has 0 aliphatic heterocycles. The van der Waals surface area contributed by atoms with Gasteiger partial charge in [-0.1, -0.05) is 42.2 Å². The van der Waals surface area contributed by atoms with Gasteiger partial charge in [-0.15, -0.1) is 0 Å². The topological polar surface area (TPSA) is 135 Å². The van der Waals surface area contributed by atoms with Gasteiger partial charge in [-0.25, -0.2) is 19.4 Å². The summed E-state index contributed by atoms with van der Waals surface area (Å²) in [5.74, 6) is -0.691. The molecule has 0 aliphatic rings. The van der Waals surface area contributed by atoms with Crippen molar-refractivity contribution in [2.75, 3.05) is 12.5 Å². The summed E-state index contributed by atoms with van der Waals surface area (Å²) in [7, 11) is 1.67. The van der Waals surface area contributed by atoms with Gasteiger partial charge in [0, 0.05) is 31.6 Å². The minimum absolute atomic E-state index is 0.203. The van der Waals surface area contributed by atoms with E-state index < -0.39 is 29.1 Å². The van der Waals surface area contributed by atoms with E-state index in [9.17, 15) is 14.4 Å². The van der Waals surface area contributed by atoms with Gasteiger partial charge >= 0.3 is 17.9 Å². The molecule has 11 nitrogen and oxygen atoms in total. The van der Waals surface area contributed by atoms with Crippen molar-refractivity contribution in [2.45, 2.75) is 78.1 Å². The highest BCUT2D eigenvalue weighted by molar-refractivity contribution is 7.22. The number of carbonyl (C=O) groups is 3. The second-order valence-corrected chi connectivity index (χ2v) is 16.0. The number of benzene rings is 4. The molecule has 0 spiro atoms. The Kier molecular flexibility index (Phi) is 12.8. The number of hydrogen-bond acceptors (Lipinski definition) is 12. The van der Waals surface area contributed by atoms with E-state index in [-0.39, 0.29) is 17.1 Å². The number of thiazole rings is 1. The lowest BCUT2D eigenvalue weighted by atomic mass is 9.92. The third kappa shape index (κ3) is 11.3. The Balaban J connectivity index is 1.35. The highest BCUT2D eigenvalue weighted by atomic mass is 32.1. The molecule has 5 rings (SSSR count). The van der Waals surface area contributed by atoms with Crippen LogP contribution in [-0.4, -0.2) is 52.5 Å². The lowest BCUT2D eigenvalue weighted by Gasteiger charge is -2.34. The van der Waals surface area contributed by atoms with Crippen LogP contribution in [0.4, 0.5) is 5.13 Å². The number of para-hydroxylation sites is 1. The number of hydrogen-bond donors (Lipinski definition) is 1. The zero-order valence-corrected chi connectivity index (χ0v) is 33.7. The first-order chi connectivity index (χ1) is 26.4. The van der Waals surface area contributed by atoms with E-state index >= 15 is 0 Å². The fourth-order valence-corrected chi connectivity index (χ4v) is 6.90.